The van der Waals surface area contributed by atoms with E-state index in [1.54, 1.807) is 24.3 Å². The molecule has 0 radical (unpaired) electrons. The summed E-state index contributed by atoms with van der Waals surface area (Å²) in [5, 5.41) is 5.74. The van der Waals surface area contributed by atoms with Crippen LogP contribution in [0.4, 0.5) is 5.69 Å². The van der Waals surface area contributed by atoms with Crippen LogP contribution in [0.15, 0.2) is 48.5 Å². The lowest BCUT2D eigenvalue weighted by atomic mass is 10.0. The Hall–Kier alpha value is -2.82. The maximum atomic E-state index is 12.6. The Balaban J connectivity index is 1.57. The number of carbonyl (C=O) groups excluding carboxylic acids is 2. The minimum Gasteiger partial charge on any atom is -0.494 e. The molecule has 1 aliphatic carbocycles. The number of ether oxygens (including phenoxy) is 1. The normalized spacial score (nSPS) is 14.4. The van der Waals surface area contributed by atoms with E-state index in [4.69, 9.17) is 4.74 Å². The summed E-state index contributed by atoms with van der Waals surface area (Å²) >= 11 is 0. The first-order valence-corrected chi connectivity index (χ1v) is 8.92. The van der Waals surface area contributed by atoms with Crippen molar-refractivity contribution in [1.29, 1.82) is 0 Å². The Bertz CT molecular complexity index is 778. The number of hydrogen-bond donors (Lipinski definition) is 2. The van der Waals surface area contributed by atoms with Gasteiger partial charge in [0.2, 0.25) is 11.8 Å². The standard InChI is InChI=1S/C21H24N2O3/c1-3-26-18-10-8-17(9-11-18)23-20(25)21(12-13-21)19(24)22-14-16-6-4-15(2)5-7-16/h4-11H,3,12-14H2,1-2H3,(H,22,24)(H,23,25). The third-order valence-corrected chi connectivity index (χ3v) is 4.62. The molecule has 136 valence electrons. The third-order valence-electron chi connectivity index (χ3n) is 4.62. The summed E-state index contributed by atoms with van der Waals surface area (Å²) in [4.78, 5) is 25.1. The molecule has 5 heteroatoms. The lowest BCUT2D eigenvalue weighted by molar-refractivity contribution is -0.134. The largest absolute Gasteiger partial charge is 0.494 e. The van der Waals surface area contributed by atoms with Gasteiger partial charge in [-0.3, -0.25) is 9.59 Å². The van der Waals surface area contributed by atoms with Gasteiger partial charge in [0.1, 0.15) is 11.2 Å². The number of nitrogens with one attached hydrogen (secondary N) is 2. The second kappa shape index (κ2) is 7.60. The fourth-order valence-corrected chi connectivity index (χ4v) is 2.79. The molecule has 2 N–H and O–H groups in total. The van der Waals surface area contributed by atoms with Crippen molar-refractivity contribution in [3.63, 3.8) is 0 Å². The molecule has 0 aromatic heterocycles. The van der Waals surface area contributed by atoms with E-state index >= 15 is 0 Å². The van der Waals surface area contributed by atoms with Crippen LogP contribution in [0.25, 0.3) is 0 Å². The molecular formula is C21H24N2O3. The van der Waals surface area contributed by atoms with Crippen LogP contribution >= 0.6 is 0 Å². The highest BCUT2D eigenvalue weighted by Gasteiger charge is 2.56. The number of rotatable bonds is 7. The van der Waals surface area contributed by atoms with Crippen LogP contribution in [0.1, 0.15) is 30.9 Å². The molecule has 1 saturated carbocycles. The Morgan fingerprint density at radius 3 is 2.23 bits per heavy atom. The van der Waals surface area contributed by atoms with E-state index in [0.717, 1.165) is 11.3 Å². The van der Waals surface area contributed by atoms with Crippen molar-refractivity contribution in [2.24, 2.45) is 5.41 Å². The first-order valence-electron chi connectivity index (χ1n) is 8.92. The van der Waals surface area contributed by atoms with Crippen LogP contribution in [0, 0.1) is 12.3 Å². The smallest absolute Gasteiger partial charge is 0.240 e. The Labute approximate surface area is 153 Å². The molecule has 5 nitrogen and oxygen atoms in total. The summed E-state index contributed by atoms with van der Waals surface area (Å²) in [7, 11) is 0. The topological polar surface area (TPSA) is 67.4 Å². The van der Waals surface area contributed by atoms with E-state index in [1.807, 2.05) is 38.1 Å². The van der Waals surface area contributed by atoms with Crippen molar-refractivity contribution in [3.05, 3.63) is 59.7 Å². The SMILES string of the molecule is CCOc1ccc(NC(=O)C2(C(=O)NCc3ccc(C)cc3)CC2)cc1. The molecule has 0 spiro atoms. The molecule has 1 aliphatic rings. The van der Waals surface area contributed by atoms with E-state index < -0.39 is 5.41 Å². The fraction of sp³-hybridized carbons (Fsp3) is 0.333. The average Bonchev–Trinajstić information content (AvgIpc) is 3.45. The maximum absolute atomic E-state index is 12.6. The van der Waals surface area contributed by atoms with Gasteiger partial charge in [-0.05, 0) is 56.5 Å². The van der Waals surface area contributed by atoms with Gasteiger partial charge in [-0.25, -0.2) is 0 Å². The number of benzene rings is 2. The summed E-state index contributed by atoms with van der Waals surface area (Å²) in [5.41, 5.74) is 1.92. The number of anilines is 1. The van der Waals surface area contributed by atoms with Gasteiger partial charge in [-0.2, -0.15) is 0 Å². The van der Waals surface area contributed by atoms with Crippen LogP contribution < -0.4 is 15.4 Å². The summed E-state index contributed by atoms with van der Waals surface area (Å²) in [5.74, 6) is 0.298. The lowest BCUT2D eigenvalue weighted by Crippen LogP contribution is -2.39. The van der Waals surface area contributed by atoms with Crippen molar-refractivity contribution in [3.8, 4) is 5.75 Å². The first kappa shape index (κ1) is 18.0. The van der Waals surface area contributed by atoms with Crippen LogP contribution in [0.2, 0.25) is 0 Å². The molecule has 3 rings (SSSR count). The van der Waals surface area contributed by atoms with Crippen molar-refractivity contribution < 1.29 is 14.3 Å². The second-order valence-corrected chi connectivity index (χ2v) is 6.66. The maximum Gasteiger partial charge on any atom is 0.240 e. The van der Waals surface area contributed by atoms with E-state index in [-0.39, 0.29) is 11.8 Å². The van der Waals surface area contributed by atoms with Crippen molar-refractivity contribution in [1.82, 2.24) is 5.32 Å². The predicted molar refractivity (Wildman–Crippen MR) is 101 cm³/mol. The highest BCUT2D eigenvalue weighted by atomic mass is 16.5. The quantitative estimate of drug-likeness (QED) is 0.750. The number of carbonyl (C=O) groups is 2. The molecule has 2 amide bonds. The fourth-order valence-electron chi connectivity index (χ4n) is 2.79. The van der Waals surface area contributed by atoms with Gasteiger partial charge in [0.15, 0.2) is 0 Å². The van der Waals surface area contributed by atoms with Gasteiger partial charge in [-0.15, -0.1) is 0 Å². The summed E-state index contributed by atoms with van der Waals surface area (Å²) < 4.78 is 5.39. The molecule has 0 unspecified atom stereocenters. The van der Waals surface area contributed by atoms with Crippen molar-refractivity contribution in [2.45, 2.75) is 33.2 Å². The highest BCUT2D eigenvalue weighted by Crippen LogP contribution is 2.47. The highest BCUT2D eigenvalue weighted by molar-refractivity contribution is 6.13. The van der Waals surface area contributed by atoms with Gasteiger partial charge in [0, 0.05) is 12.2 Å². The molecule has 0 saturated heterocycles. The Morgan fingerprint density at radius 1 is 1.00 bits per heavy atom. The Kier molecular flexibility index (Phi) is 5.26. The molecule has 0 atom stereocenters. The van der Waals surface area contributed by atoms with Crippen molar-refractivity contribution >= 4 is 17.5 Å². The molecular weight excluding hydrogens is 328 g/mol. The van der Waals surface area contributed by atoms with Gasteiger partial charge >= 0.3 is 0 Å². The van der Waals surface area contributed by atoms with E-state index in [0.29, 0.717) is 31.7 Å². The van der Waals surface area contributed by atoms with Gasteiger partial charge in [0.05, 0.1) is 6.61 Å². The zero-order valence-electron chi connectivity index (χ0n) is 15.2. The van der Waals surface area contributed by atoms with Gasteiger partial charge in [0.25, 0.3) is 0 Å². The number of hydrogen-bond acceptors (Lipinski definition) is 3. The number of aryl methyl sites for hydroxylation is 1. The van der Waals surface area contributed by atoms with Crippen LogP contribution in [-0.2, 0) is 16.1 Å². The molecule has 0 heterocycles. The zero-order valence-corrected chi connectivity index (χ0v) is 15.2. The molecule has 1 fully saturated rings. The molecule has 0 aliphatic heterocycles. The lowest BCUT2D eigenvalue weighted by Gasteiger charge is -2.16. The minimum absolute atomic E-state index is 0.207. The average molecular weight is 352 g/mol. The van der Waals surface area contributed by atoms with Crippen LogP contribution in [-0.4, -0.2) is 18.4 Å². The monoisotopic (exact) mass is 352 g/mol. The minimum atomic E-state index is -0.941. The molecule has 2 aromatic rings. The first-order chi connectivity index (χ1) is 12.5. The van der Waals surface area contributed by atoms with Gasteiger partial charge in [-0.1, -0.05) is 29.8 Å². The molecule has 0 bridgehead atoms. The van der Waals surface area contributed by atoms with E-state index in [2.05, 4.69) is 10.6 Å². The van der Waals surface area contributed by atoms with E-state index in [9.17, 15) is 9.59 Å². The van der Waals surface area contributed by atoms with Crippen LogP contribution in [0.3, 0.4) is 0 Å². The molecule has 26 heavy (non-hydrogen) atoms. The van der Waals surface area contributed by atoms with Crippen molar-refractivity contribution in [2.75, 3.05) is 11.9 Å². The summed E-state index contributed by atoms with van der Waals surface area (Å²) in [6, 6.07) is 15.1. The molecule has 2 aromatic carbocycles. The summed E-state index contributed by atoms with van der Waals surface area (Å²) in [6.07, 6.45) is 1.16. The third kappa shape index (κ3) is 4.04. The van der Waals surface area contributed by atoms with Gasteiger partial charge < -0.3 is 15.4 Å². The van der Waals surface area contributed by atoms with Crippen LogP contribution in [0.5, 0.6) is 5.75 Å². The predicted octanol–water partition coefficient (Wildman–Crippen LogP) is 3.43. The van der Waals surface area contributed by atoms with E-state index in [1.165, 1.54) is 5.56 Å². The number of amides is 2. The summed E-state index contributed by atoms with van der Waals surface area (Å²) in [6.45, 7) is 4.96. The second-order valence-electron chi connectivity index (χ2n) is 6.66. The Morgan fingerprint density at radius 2 is 1.65 bits per heavy atom. The zero-order chi connectivity index (χ0) is 18.6.